The van der Waals surface area contributed by atoms with Gasteiger partial charge in [-0.2, -0.15) is 0 Å². The normalized spacial score (nSPS) is 16.7. The molecule has 0 saturated heterocycles. The molecule has 0 radical (unpaired) electrons. The van der Waals surface area contributed by atoms with Crippen molar-refractivity contribution in [3.63, 3.8) is 0 Å². The zero-order valence-electron chi connectivity index (χ0n) is 18.8. The van der Waals surface area contributed by atoms with E-state index in [0.717, 1.165) is 11.1 Å². The Morgan fingerprint density at radius 2 is 1.97 bits per heavy atom. The van der Waals surface area contributed by atoms with Gasteiger partial charge in [0.25, 0.3) is 5.91 Å². The number of ether oxygens (including phenoxy) is 2. The molecule has 4 rings (SSSR count). The van der Waals surface area contributed by atoms with Gasteiger partial charge in [0.1, 0.15) is 9.84 Å². The van der Waals surface area contributed by atoms with Crippen LogP contribution in [0.3, 0.4) is 0 Å². The van der Waals surface area contributed by atoms with Crippen molar-refractivity contribution in [2.75, 3.05) is 25.7 Å². The molecule has 0 bridgehead atoms. The van der Waals surface area contributed by atoms with Gasteiger partial charge in [-0.15, -0.1) is 0 Å². The number of methoxy groups -OCH3 is 1. The summed E-state index contributed by atoms with van der Waals surface area (Å²) < 4.78 is 35.7. The molecule has 0 unspecified atom stereocenters. The summed E-state index contributed by atoms with van der Waals surface area (Å²) in [6, 6.07) is 11.1. The van der Waals surface area contributed by atoms with Crippen LogP contribution >= 0.6 is 0 Å². The topological polar surface area (TPSA) is 84.9 Å². The lowest BCUT2D eigenvalue weighted by Gasteiger charge is -2.28. The summed E-state index contributed by atoms with van der Waals surface area (Å²) in [4.78, 5) is 15.2. The number of carbonyl (C=O) groups excluding carboxylic acids is 1. The highest BCUT2D eigenvalue weighted by Gasteiger charge is 2.37. The largest absolute Gasteiger partial charge is 0.493 e. The van der Waals surface area contributed by atoms with E-state index in [4.69, 9.17) is 9.47 Å². The molecule has 1 saturated carbocycles. The summed E-state index contributed by atoms with van der Waals surface area (Å²) in [5, 5.41) is 3.47. The predicted octanol–water partition coefficient (Wildman–Crippen LogP) is 3.09. The van der Waals surface area contributed by atoms with Gasteiger partial charge in [0.15, 0.2) is 11.5 Å². The standard InChI is InChI=1S/C24H30N2O5S/c1-4-31-22-12-16(8-11-21(22)30-2)20(15-32(3,28)29)26-14-18-7-5-6-17(23(18)24(26)27)13-25-19-9-10-19/h5-8,11-12,19-20,25H,4,9-10,13-15H2,1-3H3/t20-/m0/s1. The van der Waals surface area contributed by atoms with Crippen molar-refractivity contribution >= 4 is 15.7 Å². The zero-order valence-corrected chi connectivity index (χ0v) is 19.6. The molecule has 0 spiro atoms. The van der Waals surface area contributed by atoms with Gasteiger partial charge < -0.3 is 19.7 Å². The van der Waals surface area contributed by atoms with Crippen molar-refractivity contribution in [3.8, 4) is 11.5 Å². The average Bonchev–Trinajstić information content (AvgIpc) is 3.52. The Morgan fingerprint density at radius 1 is 1.19 bits per heavy atom. The minimum atomic E-state index is -3.36. The van der Waals surface area contributed by atoms with Crippen molar-refractivity contribution in [2.24, 2.45) is 0 Å². The van der Waals surface area contributed by atoms with Crippen LogP contribution in [0, 0.1) is 0 Å². The van der Waals surface area contributed by atoms with Gasteiger partial charge in [-0.1, -0.05) is 24.3 Å². The summed E-state index contributed by atoms with van der Waals surface area (Å²) in [6.45, 7) is 3.34. The number of amides is 1. The number of nitrogens with zero attached hydrogens (tertiary/aromatic N) is 1. The Hall–Kier alpha value is -2.58. The van der Waals surface area contributed by atoms with Crippen LogP contribution in [-0.4, -0.2) is 51.0 Å². The van der Waals surface area contributed by atoms with Crippen molar-refractivity contribution in [1.29, 1.82) is 0 Å². The Morgan fingerprint density at radius 3 is 2.62 bits per heavy atom. The van der Waals surface area contributed by atoms with Crippen molar-refractivity contribution in [3.05, 3.63) is 58.7 Å². The number of rotatable bonds is 10. The van der Waals surface area contributed by atoms with Gasteiger partial charge in [-0.25, -0.2) is 8.42 Å². The number of nitrogens with one attached hydrogen (secondary N) is 1. The van der Waals surface area contributed by atoms with E-state index in [9.17, 15) is 13.2 Å². The van der Waals surface area contributed by atoms with Crippen molar-refractivity contribution in [2.45, 2.75) is 44.9 Å². The van der Waals surface area contributed by atoms with E-state index in [1.165, 1.54) is 19.1 Å². The van der Waals surface area contributed by atoms with Crippen LogP contribution < -0.4 is 14.8 Å². The number of hydrogen-bond acceptors (Lipinski definition) is 6. The molecular weight excluding hydrogens is 428 g/mol. The molecule has 8 heteroatoms. The lowest BCUT2D eigenvalue weighted by atomic mass is 10.0. The Kier molecular flexibility index (Phi) is 6.44. The van der Waals surface area contributed by atoms with Gasteiger partial charge in [-0.3, -0.25) is 4.79 Å². The molecule has 1 atom stereocenters. The molecule has 1 fully saturated rings. The second-order valence-corrected chi connectivity index (χ2v) is 10.7. The second kappa shape index (κ2) is 9.11. The SMILES string of the molecule is CCOc1cc([C@H](CS(C)(=O)=O)N2Cc3cccc(CNC4CC4)c3C2=O)ccc1OC. The number of sulfone groups is 1. The number of hydrogen-bond donors (Lipinski definition) is 1. The minimum absolute atomic E-state index is 0.129. The first-order valence-corrected chi connectivity index (χ1v) is 13.0. The number of benzene rings is 2. The van der Waals surface area contributed by atoms with Gasteiger partial charge in [0, 0.05) is 31.0 Å². The van der Waals surface area contributed by atoms with Crippen LogP contribution in [0.5, 0.6) is 11.5 Å². The monoisotopic (exact) mass is 458 g/mol. The Labute approximate surface area is 189 Å². The fourth-order valence-corrected chi connectivity index (χ4v) is 5.17. The number of carbonyl (C=O) groups is 1. The van der Waals surface area contributed by atoms with E-state index >= 15 is 0 Å². The first kappa shape index (κ1) is 22.6. The molecule has 2 aromatic carbocycles. The lowest BCUT2D eigenvalue weighted by Crippen LogP contribution is -2.34. The summed E-state index contributed by atoms with van der Waals surface area (Å²) in [7, 11) is -1.80. The van der Waals surface area contributed by atoms with Crippen LogP contribution in [0.1, 0.15) is 52.9 Å². The van der Waals surface area contributed by atoms with Crippen LogP contribution in [0.15, 0.2) is 36.4 Å². The van der Waals surface area contributed by atoms with Crippen LogP contribution in [-0.2, 0) is 22.9 Å². The van der Waals surface area contributed by atoms with E-state index in [2.05, 4.69) is 5.32 Å². The predicted molar refractivity (Wildman–Crippen MR) is 123 cm³/mol. The van der Waals surface area contributed by atoms with E-state index in [1.807, 2.05) is 31.2 Å². The Bertz CT molecular complexity index is 1110. The molecule has 1 aliphatic heterocycles. The highest BCUT2D eigenvalue weighted by Crippen LogP contribution is 2.37. The quantitative estimate of drug-likeness (QED) is 0.589. The molecule has 1 heterocycles. The minimum Gasteiger partial charge on any atom is -0.493 e. The molecule has 1 amide bonds. The van der Waals surface area contributed by atoms with Crippen molar-refractivity contribution < 1.29 is 22.7 Å². The van der Waals surface area contributed by atoms with E-state index in [0.29, 0.717) is 48.4 Å². The fourth-order valence-electron chi connectivity index (χ4n) is 4.22. The Balaban J connectivity index is 1.69. The molecule has 1 N–H and O–H groups in total. The highest BCUT2D eigenvalue weighted by atomic mass is 32.2. The van der Waals surface area contributed by atoms with Crippen molar-refractivity contribution in [1.82, 2.24) is 10.2 Å². The average molecular weight is 459 g/mol. The maximum absolute atomic E-state index is 13.6. The molecular formula is C24H30N2O5S. The van der Waals surface area contributed by atoms with E-state index in [-0.39, 0.29) is 11.7 Å². The highest BCUT2D eigenvalue weighted by molar-refractivity contribution is 7.90. The molecule has 1 aliphatic carbocycles. The molecule has 0 aromatic heterocycles. The molecule has 2 aliphatic rings. The maximum atomic E-state index is 13.6. The number of fused-ring (bicyclic) bond motifs is 1. The fraction of sp³-hybridized carbons (Fsp3) is 0.458. The smallest absolute Gasteiger partial charge is 0.255 e. The zero-order chi connectivity index (χ0) is 22.9. The van der Waals surface area contributed by atoms with Crippen LogP contribution in [0.2, 0.25) is 0 Å². The molecule has 2 aromatic rings. The first-order chi connectivity index (χ1) is 15.3. The maximum Gasteiger partial charge on any atom is 0.255 e. The third kappa shape index (κ3) is 4.91. The van der Waals surface area contributed by atoms with Gasteiger partial charge >= 0.3 is 0 Å². The molecule has 172 valence electrons. The first-order valence-electron chi connectivity index (χ1n) is 10.9. The summed E-state index contributed by atoms with van der Waals surface area (Å²) in [5.41, 5.74) is 3.29. The summed E-state index contributed by atoms with van der Waals surface area (Å²) in [6.07, 6.45) is 3.54. The second-order valence-electron chi connectivity index (χ2n) is 8.49. The van der Waals surface area contributed by atoms with Gasteiger partial charge in [0.05, 0.1) is 25.5 Å². The third-order valence-corrected chi connectivity index (χ3v) is 6.84. The van der Waals surface area contributed by atoms with Gasteiger partial charge in [-0.05, 0) is 48.6 Å². The lowest BCUT2D eigenvalue weighted by molar-refractivity contribution is 0.0717. The summed E-state index contributed by atoms with van der Waals surface area (Å²) in [5.74, 6) is 0.804. The van der Waals surface area contributed by atoms with E-state index < -0.39 is 15.9 Å². The van der Waals surface area contributed by atoms with Crippen LogP contribution in [0.25, 0.3) is 0 Å². The van der Waals surface area contributed by atoms with Crippen LogP contribution in [0.4, 0.5) is 0 Å². The summed E-state index contributed by atoms with van der Waals surface area (Å²) >= 11 is 0. The molecule has 32 heavy (non-hydrogen) atoms. The molecule has 7 nitrogen and oxygen atoms in total. The van der Waals surface area contributed by atoms with E-state index in [1.54, 1.807) is 24.1 Å². The van der Waals surface area contributed by atoms with Gasteiger partial charge in [0.2, 0.25) is 0 Å². The third-order valence-electron chi connectivity index (χ3n) is 5.92.